The Morgan fingerprint density at radius 1 is 0.299 bits per heavy atom. The number of nitrogens with zero attached hydrogens (tertiary/aromatic N) is 2. The summed E-state index contributed by atoms with van der Waals surface area (Å²) < 4.78 is 6.07. The average Bonchev–Trinajstić information content (AvgIpc) is 3.51. The van der Waals surface area contributed by atoms with E-state index in [4.69, 9.17) is 4.74 Å². The Balaban J connectivity index is 0.811. The van der Waals surface area contributed by atoms with Gasteiger partial charge in [-0.2, -0.15) is 0 Å². The van der Waals surface area contributed by atoms with Crippen LogP contribution in [0.25, 0.3) is 55.6 Å². The van der Waals surface area contributed by atoms with E-state index in [2.05, 4.69) is 309 Å². The molecule has 0 amide bonds. The minimum atomic E-state index is 0.578. The zero-order valence-corrected chi connectivity index (χ0v) is 44.1. The molecule has 3 heteroatoms. The molecule has 0 fully saturated rings. The summed E-state index contributed by atoms with van der Waals surface area (Å²) >= 11 is 0. The lowest BCUT2D eigenvalue weighted by Gasteiger charge is -2.27. The van der Waals surface area contributed by atoms with Crippen molar-refractivity contribution in [1.29, 1.82) is 0 Å². The maximum atomic E-state index is 6.07. The molecule has 77 heavy (non-hydrogen) atoms. The molecule has 0 saturated carbocycles. The second-order valence-corrected chi connectivity index (χ2v) is 19.9. The SMILES string of the molecule is CCC(C)c1ccc(OCCCCc2ccc(-c3ccc(N(c4ccc(-c5ccccc5)cc4)c4ccc(-c5ccc(N(c6ccc(-c7ccccc7)cc6)c6ccc(-c7ccccc7)cc6)cc5)cc4)cc3)cc2)cc1. The quantitative estimate of drug-likeness (QED) is 0.0751. The molecule has 376 valence electrons. The summed E-state index contributed by atoms with van der Waals surface area (Å²) in [4.78, 5) is 4.69. The van der Waals surface area contributed by atoms with E-state index >= 15 is 0 Å². The molecule has 0 N–H and O–H groups in total. The average molecular weight is 997 g/mol. The zero-order valence-electron chi connectivity index (χ0n) is 44.1. The number of ether oxygens (including phenoxy) is 1. The molecule has 0 aromatic heterocycles. The smallest absolute Gasteiger partial charge is 0.119 e. The van der Waals surface area contributed by atoms with Crippen LogP contribution in [-0.4, -0.2) is 6.61 Å². The van der Waals surface area contributed by atoms with Crippen LogP contribution < -0.4 is 14.5 Å². The Morgan fingerprint density at radius 3 is 0.857 bits per heavy atom. The van der Waals surface area contributed by atoms with Gasteiger partial charge in [-0.15, -0.1) is 0 Å². The summed E-state index contributed by atoms with van der Waals surface area (Å²) in [5, 5.41) is 0. The number of unbranched alkanes of at least 4 members (excludes halogenated alkanes) is 1. The van der Waals surface area contributed by atoms with Crippen LogP contribution in [0.2, 0.25) is 0 Å². The van der Waals surface area contributed by atoms with Gasteiger partial charge in [0.25, 0.3) is 0 Å². The topological polar surface area (TPSA) is 15.7 Å². The van der Waals surface area contributed by atoms with Crippen molar-refractivity contribution in [1.82, 2.24) is 0 Å². The molecule has 1 atom stereocenters. The first kappa shape index (κ1) is 50.0. The monoisotopic (exact) mass is 997 g/mol. The van der Waals surface area contributed by atoms with Gasteiger partial charge >= 0.3 is 0 Å². The third kappa shape index (κ3) is 12.0. The van der Waals surface area contributed by atoms with Gasteiger partial charge in [-0.3, -0.25) is 0 Å². The number of anilines is 6. The lowest BCUT2D eigenvalue weighted by atomic mass is 9.99. The summed E-state index contributed by atoms with van der Waals surface area (Å²) in [6.07, 6.45) is 4.29. The lowest BCUT2D eigenvalue weighted by Crippen LogP contribution is -2.10. The maximum absolute atomic E-state index is 6.07. The molecule has 3 nitrogen and oxygen atoms in total. The molecule has 0 radical (unpaired) electrons. The first-order valence-corrected chi connectivity index (χ1v) is 27.2. The lowest BCUT2D eigenvalue weighted by molar-refractivity contribution is 0.307. The molecule has 0 saturated heterocycles. The molecule has 0 spiro atoms. The fourth-order valence-corrected chi connectivity index (χ4v) is 10.2. The van der Waals surface area contributed by atoms with Gasteiger partial charge in [-0.1, -0.05) is 214 Å². The predicted octanol–water partition coefficient (Wildman–Crippen LogP) is 20.9. The molecule has 11 rings (SSSR count). The fraction of sp³-hybridized carbons (Fsp3) is 0.108. The van der Waals surface area contributed by atoms with Crippen LogP contribution in [0.5, 0.6) is 5.75 Å². The number of hydrogen-bond acceptors (Lipinski definition) is 3. The zero-order chi connectivity index (χ0) is 52.2. The molecule has 0 aliphatic heterocycles. The molecule has 11 aromatic carbocycles. The Morgan fingerprint density at radius 2 is 0.571 bits per heavy atom. The van der Waals surface area contributed by atoms with E-state index in [1.54, 1.807) is 0 Å². The second kappa shape index (κ2) is 24.0. The molecular weight excluding hydrogens is 933 g/mol. The highest BCUT2D eigenvalue weighted by Gasteiger charge is 2.17. The summed E-state index contributed by atoms with van der Waals surface area (Å²) in [5.41, 5.74) is 21.2. The van der Waals surface area contributed by atoms with E-state index in [1.807, 2.05) is 0 Å². The molecular formula is C74H64N2O. The van der Waals surface area contributed by atoms with Crippen LogP contribution >= 0.6 is 0 Å². The summed E-state index contributed by atoms with van der Waals surface area (Å²) in [6.45, 7) is 5.24. The largest absolute Gasteiger partial charge is 0.494 e. The first-order chi connectivity index (χ1) is 38.0. The van der Waals surface area contributed by atoms with Gasteiger partial charge in [0.1, 0.15) is 5.75 Å². The third-order valence-electron chi connectivity index (χ3n) is 14.9. The van der Waals surface area contributed by atoms with Crippen molar-refractivity contribution in [2.45, 2.75) is 45.4 Å². The summed E-state index contributed by atoms with van der Waals surface area (Å²) in [5.74, 6) is 1.54. The van der Waals surface area contributed by atoms with Crippen LogP contribution in [-0.2, 0) is 6.42 Å². The third-order valence-corrected chi connectivity index (χ3v) is 14.9. The number of rotatable bonds is 19. The predicted molar refractivity (Wildman–Crippen MR) is 327 cm³/mol. The van der Waals surface area contributed by atoms with Crippen LogP contribution in [0.4, 0.5) is 34.1 Å². The Labute approximate surface area is 456 Å². The Kier molecular flexibility index (Phi) is 15.6. The molecule has 0 aliphatic rings. The van der Waals surface area contributed by atoms with Gasteiger partial charge in [0, 0.05) is 34.1 Å². The number of aryl methyl sites for hydroxylation is 1. The van der Waals surface area contributed by atoms with Crippen LogP contribution in [0.15, 0.2) is 285 Å². The van der Waals surface area contributed by atoms with Crippen molar-refractivity contribution < 1.29 is 4.74 Å². The van der Waals surface area contributed by atoms with Crippen molar-refractivity contribution in [3.05, 3.63) is 296 Å². The van der Waals surface area contributed by atoms with E-state index in [0.29, 0.717) is 5.92 Å². The van der Waals surface area contributed by atoms with Gasteiger partial charge in [-0.25, -0.2) is 0 Å². The number of benzene rings is 11. The van der Waals surface area contributed by atoms with Gasteiger partial charge in [0.2, 0.25) is 0 Å². The highest BCUT2D eigenvalue weighted by molar-refractivity contribution is 5.83. The molecule has 0 bridgehead atoms. The molecule has 0 aliphatic carbocycles. The Hall–Kier alpha value is -9.18. The van der Waals surface area contributed by atoms with Crippen molar-refractivity contribution in [2.75, 3.05) is 16.4 Å². The fourth-order valence-electron chi connectivity index (χ4n) is 10.2. The first-order valence-electron chi connectivity index (χ1n) is 27.2. The Bertz CT molecular complexity index is 3480. The minimum Gasteiger partial charge on any atom is -0.494 e. The second-order valence-electron chi connectivity index (χ2n) is 19.9. The number of hydrogen-bond donors (Lipinski definition) is 0. The van der Waals surface area contributed by atoms with Gasteiger partial charge < -0.3 is 14.5 Å². The minimum absolute atomic E-state index is 0.578. The van der Waals surface area contributed by atoms with Crippen LogP contribution in [0.1, 0.15) is 50.2 Å². The van der Waals surface area contributed by atoms with Crippen LogP contribution in [0.3, 0.4) is 0 Å². The highest BCUT2D eigenvalue weighted by atomic mass is 16.5. The van der Waals surface area contributed by atoms with Crippen molar-refractivity contribution in [3.8, 4) is 61.4 Å². The normalized spacial score (nSPS) is 11.5. The van der Waals surface area contributed by atoms with E-state index in [0.717, 1.165) is 83.3 Å². The highest BCUT2D eigenvalue weighted by Crippen LogP contribution is 2.40. The van der Waals surface area contributed by atoms with E-state index < -0.39 is 0 Å². The molecule has 1 unspecified atom stereocenters. The van der Waals surface area contributed by atoms with Crippen LogP contribution in [0, 0.1) is 0 Å². The maximum Gasteiger partial charge on any atom is 0.119 e. The molecule has 0 heterocycles. The van der Waals surface area contributed by atoms with Gasteiger partial charge in [0.15, 0.2) is 0 Å². The van der Waals surface area contributed by atoms with Gasteiger partial charge in [0.05, 0.1) is 6.61 Å². The van der Waals surface area contributed by atoms with E-state index in [9.17, 15) is 0 Å². The van der Waals surface area contributed by atoms with Crippen molar-refractivity contribution in [3.63, 3.8) is 0 Å². The van der Waals surface area contributed by atoms with Gasteiger partial charge in [-0.05, 0) is 183 Å². The van der Waals surface area contributed by atoms with E-state index in [1.165, 1.54) is 55.6 Å². The standard InChI is InChI=1S/C74H64N2O/c1-3-55(2)57-38-52-74(53-39-57)77-54-14-13-15-56-22-24-61(25-23-56)65-32-46-71(47-33-65)76(70-44-30-64(31-45-70)60-20-11-6-12-21-60)73-50-36-67(37-51-73)66-34-48-72(49-35-66)75(68-40-26-62(27-41-68)58-16-7-4-8-17-58)69-42-28-63(29-43-69)59-18-9-5-10-19-59/h4-12,16-53,55H,3,13-15,54H2,1-2H3. The van der Waals surface area contributed by atoms with Crippen molar-refractivity contribution >= 4 is 34.1 Å². The molecule has 11 aromatic rings. The summed E-state index contributed by atoms with van der Waals surface area (Å²) in [7, 11) is 0. The van der Waals surface area contributed by atoms with E-state index in [-0.39, 0.29) is 0 Å². The van der Waals surface area contributed by atoms with Crippen molar-refractivity contribution in [2.24, 2.45) is 0 Å². The summed E-state index contributed by atoms with van der Waals surface area (Å²) in [6, 6.07) is 103.